The molecule has 0 radical (unpaired) electrons. The van der Waals surface area contributed by atoms with Crippen LogP contribution in [0.1, 0.15) is 23.7 Å². The number of aromatic amines is 1. The molecule has 160 valence electrons. The predicted octanol–water partition coefficient (Wildman–Crippen LogP) is 2.41. The zero-order valence-electron chi connectivity index (χ0n) is 17.5. The number of nitrogens with zero attached hydrogens (tertiary/aromatic N) is 3. The number of ether oxygens (including phenoxy) is 2. The molecule has 1 aliphatic rings. The van der Waals surface area contributed by atoms with Gasteiger partial charge in [-0.15, -0.1) is 0 Å². The maximum Gasteiger partial charge on any atom is 0.251 e. The number of pyridine rings is 1. The van der Waals surface area contributed by atoms with Crippen molar-refractivity contribution in [3.05, 3.63) is 70.4 Å². The fraction of sp³-hybridized carbons (Fsp3) is 0.304. The number of likely N-dealkylation sites (tertiary alicyclic amines) is 1. The second kappa shape index (κ2) is 8.99. The molecule has 1 fully saturated rings. The smallest absolute Gasteiger partial charge is 0.251 e. The van der Waals surface area contributed by atoms with E-state index in [4.69, 9.17) is 9.47 Å². The maximum atomic E-state index is 12.8. The second-order valence-corrected chi connectivity index (χ2v) is 7.43. The Morgan fingerprint density at radius 1 is 1.19 bits per heavy atom. The molecule has 1 amide bonds. The van der Waals surface area contributed by atoms with Gasteiger partial charge in [0, 0.05) is 31.3 Å². The zero-order chi connectivity index (χ0) is 21.8. The molecule has 0 saturated carbocycles. The summed E-state index contributed by atoms with van der Waals surface area (Å²) in [6.45, 7) is 1.14. The Bertz CT molecular complexity index is 1140. The minimum atomic E-state index is -0.243. The molecule has 2 aromatic heterocycles. The molecule has 0 unspecified atom stereocenters. The first-order valence-electron chi connectivity index (χ1n) is 10.1. The molecule has 1 saturated heterocycles. The van der Waals surface area contributed by atoms with Gasteiger partial charge in [-0.05, 0) is 36.2 Å². The number of aromatic nitrogens is 3. The Kier molecular flexibility index (Phi) is 5.97. The number of methoxy groups -OCH3 is 2. The third kappa shape index (κ3) is 4.58. The van der Waals surface area contributed by atoms with Gasteiger partial charge in [-0.25, -0.2) is 9.97 Å². The lowest BCUT2D eigenvalue weighted by Crippen LogP contribution is -2.30. The predicted molar refractivity (Wildman–Crippen MR) is 115 cm³/mol. The van der Waals surface area contributed by atoms with Crippen molar-refractivity contribution in [2.45, 2.75) is 18.8 Å². The van der Waals surface area contributed by atoms with Crippen molar-refractivity contribution in [1.29, 1.82) is 0 Å². The van der Waals surface area contributed by atoms with Gasteiger partial charge >= 0.3 is 0 Å². The van der Waals surface area contributed by atoms with E-state index in [1.165, 1.54) is 13.2 Å². The Morgan fingerprint density at radius 3 is 2.87 bits per heavy atom. The van der Waals surface area contributed by atoms with Crippen molar-refractivity contribution in [2.24, 2.45) is 0 Å². The minimum Gasteiger partial charge on any atom is -0.497 e. The highest BCUT2D eigenvalue weighted by Crippen LogP contribution is 2.29. The van der Waals surface area contributed by atoms with E-state index >= 15 is 0 Å². The molecular weight excluding hydrogens is 396 g/mol. The first-order valence-corrected chi connectivity index (χ1v) is 10.1. The van der Waals surface area contributed by atoms with Crippen LogP contribution in [0.4, 0.5) is 0 Å². The third-order valence-electron chi connectivity index (χ3n) is 5.42. The lowest BCUT2D eigenvalue weighted by Gasteiger charge is -2.17. The van der Waals surface area contributed by atoms with Gasteiger partial charge in [0.2, 0.25) is 11.8 Å². The van der Waals surface area contributed by atoms with E-state index in [9.17, 15) is 9.59 Å². The summed E-state index contributed by atoms with van der Waals surface area (Å²) < 4.78 is 10.5. The monoisotopic (exact) mass is 420 g/mol. The Balaban J connectivity index is 1.50. The molecule has 0 spiro atoms. The van der Waals surface area contributed by atoms with E-state index in [-0.39, 0.29) is 17.4 Å². The van der Waals surface area contributed by atoms with Crippen LogP contribution >= 0.6 is 0 Å². The Morgan fingerprint density at radius 2 is 2.06 bits per heavy atom. The number of carbonyl (C=O) groups is 1. The molecule has 1 N–H and O–H groups in total. The molecule has 1 atom stereocenters. The quantitative estimate of drug-likeness (QED) is 0.658. The van der Waals surface area contributed by atoms with Crippen LogP contribution in [-0.2, 0) is 11.2 Å². The number of benzene rings is 1. The van der Waals surface area contributed by atoms with Gasteiger partial charge in [-0.2, -0.15) is 0 Å². The molecule has 0 aliphatic carbocycles. The van der Waals surface area contributed by atoms with Gasteiger partial charge in [0.15, 0.2) is 0 Å². The number of nitrogens with one attached hydrogen (secondary N) is 1. The number of hydrogen-bond donors (Lipinski definition) is 1. The highest BCUT2D eigenvalue weighted by Gasteiger charge is 2.29. The summed E-state index contributed by atoms with van der Waals surface area (Å²) in [7, 11) is 3.14. The lowest BCUT2D eigenvalue weighted by atomic mass is 10.1. The SMILES string of the molecule is COc1cccc(CC(=O)N2CC[C@@H](c3nc(-c4cccnc4OC)cc(=O)[nH]3)C2)c1. The third-order valence-corrected chi connectivity index (χ3v) is 5.42. The summed E-state index contributed by atoms with van der Waals surface area (Å²) in [6.07, 6.45) is 2.67. The van der Waals surface area contributed by atoms with Crippen LogP contribution < -0.4 is 15.0 Å². The molecule has 4 rings (SSSR count). The van der Waals surface area contributed by atoms with Gasteiger partial charge in [0.05, 0.1) is 31.9 Å². The fourth-order valence-corrected chi connectivity index (χ4v) is 3.84. The topological polar surface area (TPSA) is 97.4 Å². The molecule has 31 heavy (non-hydrogen) atoms. The average molecular weight is 420 g/mol. The molecule has 1 aromatic carbocycles. The van der Waals surface area contributed by atoms with Gasteiger partial charge in [-0.3, -0.25) is 9.59 Å². The second-order valence-electron chi connectivity index (χ2n) is 7.43. The van der Waals surface area contributed by atoms with Gasteiger partial charge in [0.25, 0.3) is 5.56 Å². The summed E-state index contributed by atoms with van der Waals surface area (Å²) in [4.78, 5) is 38.6. The Labute approximate surface area is 179 Å². The van der Waals surface area contributed by atoms with Crippen molar-refractivity contribution in [3.8, 4) is 22.9 Å². The summed E-state index contributed by atoms with van der Waals surface area (Å²) in [5.41, 5.74) is 1.82. The number of rotatable bonds is 6. The van der Waals surface area contributed by atoms with Gasteiger partial charge < -0.3 is 19.4 Å². The van der Waals surface area contributed by atoms with E-state index in [0.29, 0.717) is 42.5 Å². The van der Waals surface area contributed by atoms with Crippen LogP contribution in [0.2, 0.25) is 0 Å². The average Bonchev–Trinajstić information content (AvgIpc) is 3.29. The van der Waals surface area contributed by atoms with Crippen LogP contribution in [0.5, 0.6) is 11.6 Å². The van der Waals surface area contributed by atoms with Crippen LogP contribution in [0.25, 0.3) is 11.3 Å². The molecule has 3 aromatic rings. The van der Waals surface area contributed by atoms with Gasteiger partial charge in [0.1, 0.15) is 11.6 Å². The summed E-state index contributed by atoms with van der Waals surface area (Å²) in [6, 6.07) is 12.5. The van der Waals surface area contributed by atoms with Crippen LogP contribution in [0, 0.1) is 0 Å². The van der Waals surface area contributed by atoms with E-state index < -0.39 is 0 Å². The van der Waals surface area contributed by atoms with Crippen molar-refractivity contribution in [1.82, 2.24) is 19.9 Å². The summed E-state index contributed by atoms with van der Waals surface area (Å²) in [5, 5.41) is 0. The highest BCUT2D eigenvalue weighted by atomic mass is 16.5. The van der Waals surface area contributed by atoms with Crippen LogP contribution in [0.3, 0.4) is 0 Å². The maximum absolute atomic E-state index is 12.8. The van der Waals surface area contributed by atoms with Crippen molar-refractivity contribution >= 4 is 5.91 Å². The van der Waals surface area contributed by atoms with E-state index in [1.807, 2.05) is 35.2 Å². The van der Waals surface area contributed by atoms with E-state index in [2.05, 4.69) is 15.0 Å². The largest absolute Gasteiger partial charge is 0.497 e. The zero-order valence-corrected chi connectivity index (χ0v) is 17.5. The first-order chi connectivity index (χ1) is 15.1. The molecule has 1 aliphatic heterocycles. The standard InChI is InChI=1S/C23H24N4O4/c1-30-17-6-3-5-15(11-17)12-21(29)27-10-8-16(14-27)22-25-19(13-20(28)26-22)18-7-4-9-24-23(18)31-2/h3-7,9,11,13,16H,8,10,12,14H2,1-2H3,(H,25,26,28)/t16-/m1/s1. The van der Waals surface area contributed by atoms with E-state index in [1.54, 1.807) is 19.4 Å². The highest BCUT2D eigenvalue weighted by molar-refractivity contribution is 5.79. The van der Waals surface area contributed by atoms with E-state index in [0.717, 1.165) is 17.7 Å². The van der Waals surface area contributed by atoms with Crippen molar-refractivity contribution in [2.75, 3.05) is 27.3 Å². The van der Waals surface area contributed by atoms with Crippen LogP contribution in [0.15, 0.2) is 53.5 Å². The first kappa shape index (κ1) is 20.6. The van der Waals surface area contributed by atoms with Crippen LogP contribution in [-0.4, -0.2) is 53.1 Å². The molecule has 8 heteroatoms. The number of H-pyrrole nitrogens is 1. The summed E-state index contributed by atoms with van der Waals surface area (Å²) in [5.74, 6) is 1.72. The lowest BCUT2D eigenvalue weighted by molar-refractivity contribution is -0.129. The van der Waals surface area contributed by atoms with Crippen molar-refractivity contribution < 1.29 is 14.3 Å². The number of hydrogen-bond acceptors (Lipinski definition) is 6. The number of carbonyl (C=O) groups excluding carboxylic acids is 1. The fourth-order valence-electron chi connectivity index (χ4n) is 3.84. The molecule has 0 bridgehead atoms. The molecular formula is C23H24N4O4. The molecule has 3 heterocycles. The Hall–Kier alpha value is -3.68. The van der Waals surface area contributed by atoms with Crippen molar-refractivity contribution in [3.63, 3.8) is 0 Å². The number of amides is 1. The minimum absolute atomic E-state index is 0.0374. The normalized spacial score (nSPS) is 15.7. The van der Waals surface area contributed by atoms with Gasteiger partial charge in [-0.1, -0.05) is 12.1 Å². The molecule has 8 nitrogen and oxygen atoms in total. The summed E-state index contributed by atoms with van der Waals surface area (Å²) >= 11 is 0.